The van der Waals surface area contributed by atoms with Crippen LogP contribution in [0.1, 0.15) is 43.2 Å². The Labute approximate surface area is 159 Å². The number of aryl methyl sites for hydroxylation is 1. The molecule has 1 aliphatic carbocycles. The molecule has 1 aromatic heterocycles. The van der Waals surface area contributed by atoms with Crippen molar-refractivity contribution in [1.29, 1.82) is 0 Å². The Hall–Kier alpha value is -1.92. The fourth-order valence-electron chi connectivity index (χ4n) is 3.58. The summed E-state index contributed by atoms with van der Waals surface area (Å²) in [5.74, 6) is 0. The largest absolute Gasteiger partial charge is 0.395 e. The van der Waals surface area contributed by atoms with Crippen LogP contribution in [-0.4, -0.2) is 39.3 Å². The van der Waals surface area contributed by atoms with Gasteiger partial charge < -0.3 is 20.3 Å². The zero-order chi connectivity index (χ0) is 18.5. The van der Waals surface area contributed by atoms with Gasteiger partial charge in [0.05, 0.1) is 13.2 Å². The van der Waals surface area contributed by atoms with Crippen molar-refractivity contribution in [3.05, 3.63) is 45.7 Å². The summed E-state index contributed by atoms with van der Waals surface area (Å²) < 4.78 is 0. The zero-order valence-electron chi connectivity index (χ0n) is 15.3. The van der Waals surface area contributed by atoms with Crippen LogP contribution in [0.2, 0.25) is 0 Å². The SMILES string of the molecule is Cc1ccc2[nH]c(=O)c(CN(CCO)C(=S)NC3CCCCC3)cc2c1. The number of aromatic nitrogens is 1. The van der Waals surface area contributed by atoms with Gasteiger partial charge in [0.25, 0.3) is 5.56 Å². The van der Waals surface area contributed by atoms with Gasteiger partial charge in [-0.2, -0.15) is 0 Å². The number of rotatable bonds is 5. The van der Waals surface area contributed by atoms with Crippen LogP contribution in [0, 0.1) is 6.92 Å². The molecule has 0 atom stereocenters. The maximum Gasteiger partial charge on any atom is 0.253 e. The number of nitrogens with one attached hydrogen (secondary N) is 2. The van der Waals surface area contributed by atoms with Crippen molar-refractivity contribution < 1.29 is 5.11 Å². The molecule has 1 aromatic carbocycles. The van der Waals surface area contributed by atoms with Crippen LogP contribution in [0.5, 0.6) is 0 Å². The molecule has 140 valence electrons. The Morgan fingerprint density at radius 3 is 2.81 bits per heavy atom. The summed E-state index contributed by atoms with van der Waals surface area (Å²) in [5.41, 5.74) is 2.53. The number of thiocarbonyl (C=S) groups is 1. The molecule has 2 aromatic rings. The molecule has 0 radical (unpaired) electrons. The van der Waals surface area contributed by atoms with Gasteiger partial charge in [-0.15, -0.1) is 0 Å². The van der Waals surface area contributed by atoms with Gasteiger partial charge in [0.1, 0.15) is 0 Å². The summed E-state index contributed by atoms with van der Waals surface area (Å²) in [4.78, 5) is 17.3. The van der Waals surface area contributed by atoms with E-state index in [4.69, 9.17) is 12.2 Å². The molecule has 1 aliphatic rings. The zero-order valence-corrected chi connectivity index (χ0v) is 16.1. The second-order valence-corrected chi connectivity index (χ2v) is 7.53. The Morgan fingerprint density at radius 2 is 2.08 bits per heavy atom. The van der Waals surface area contributed by atoms with Gasteiger partial charge in [-0.25, -0.2) is 0 Å². The normalized spacial score (nSPS) is 15.2. The quantitative estimate of drug-likeness (QED) is 0.703. The predicted molar refractivity (Wildman–Crippen MR) is 109 cm³/mol. The molecule has 0 spiro atoms. The van der Waals surface area contributed by atoms with Crippen LogP contribution >= 0.6 is 12.2 Å². The molecule has 6 heteroatoms. The monoisotopic (exact) mass is 373 g/mol. The lowest BCUT2D eigenvalue weighted by molar-refractivity contribution is 0.243. The molecule has 1 heterocycles. The van der Waals surface area contributed by atoms with E-state index in [0.717, 1.165) is 29.3 Å². The molecule has 3 rings (SSSR count). The Morgan fingerprint density at radius 1 is 1.31 bits per heavy atom. The third-order valence-corrected chi connectivity index (χ3v) is 5.40. The molecular formula is C20H27N3O2S. The van der Waals surface area contributed by atoms with Crippen molar-refractivity contribution in [3.63, 3.8) is 0 Å². The number of hydrogen-bond acceptors (Lipinski definition) is 3. The molecule has 0 bridgehead atoms. The number of H-pyrrole nitrogens is 1. The fourth-order valence-corrected chi connectivity index (χ4v) is 3.90. The fraction of sp³-hybridized carbons (Fsp3) is 0.500. The summed E-state index contributed by atoms with van der Waals surface area (Å²) in [5, 5.41) is 14.5. The minimum absolute atomic E-state index is 0.00290. The Bertz CT molecular complexity index is 827. The third-order valence-electron chi connectivity index (χ3n) is 5.03. The molecule has 0 saturated heterocycles. The van der Waals surface area contributed by atoms with Crippen LogP contribution in [0.4, 0.5) is 0 Å². The van der Waals surface area contributed by atoms with Crippen LogP contribution in [0.3, 0.4) is 0 Å². The maximum atomic E-state index is 12.5. The number of aliphatic hydroxyl groups is 1. The molecule has 0 unspecified atom stereocenters. The second-order valence-electron chi connectivity index (χ2n) is 7.14. The summed E-state index contributed by atoms with van der Waals surface area (Å²) in [6, 6.07) is 8.30. The minimum atomic E-state index is -0.107. The van der Waals surface area contributed by atoms with E-state index in [-0.39, 0.29) is 12.2 Å². The third kappa shape index (κ3) is 4.62. The molecule has 0 aliphatic heterocycles. The van der Waals surface area contributed by atoms with Crippen LogP contribution in [0.15, 0.2) is 29.1 Å². The number of fused-ring (bicyclic) bond motifs is 1. The number of pyridine rings is 1. The standard InChI is InChI=1S/C20H27N3O2S/c1-14-7-8-18-15(11-14)12-16(19(25)22-18)13-23(9-10-24)20(26)21-17-5-3-2-4-6-17/h7-8,11-12,17,24H,2-6,9-10,13H2,1H3,(H,21,26)(H,22,25). The van der Waals surface area contributed by atoms with Crippen molar-refractivity contribution in [2.75, 3.05) is 13.2 Å². The molecule has 26 heavy (non-hydrogen) atoms. The van der Waals surface area contributed by atoms with E-state index >= 15 is 0 Å². The lowest BCUT2D eigenvalue weighted by Crippen LogP contribution is -2.46. The number of hydrogen-bond donors (Lipinski definition) is 3. The van der Waals surface area contributed by atoms with E-state index in [2.05, 4.69) is 16.4 Å². The van der Waals surface area contributed by atoms with Gasteiger partial charge in [0, 0.05) is 23.7 Å². The van der Waals surface area contributed by atoms with Crippen molar-refractivity contribution in [1.82, 2.24) is 15.2 Å². The maximum absolute atomic E-state index is 12.5. The Balaban J connectivity index is 1.78. The van der Waals surface area contributed by atoms with Crippen molar-refractivity contribution in [2.24, 2.45) is 0 Å². The Kier molecular flexibility index (Phi) is 6.27. The van der Waals surface area contributed by atoms with Gasteiger partial charge in [-0.05, 0) is 55.6 Å². The first kappa shape index (κ1) is 18.9. The molecule has 0 amide bonds. The summed E-state index contributed by atoms with van der Waals surface area (Å²) in [7, 11) is 0. The first-order valence-corrected chi connectivity index (χ1v) is 9.76. The molecule has 1 saturated carbocycles. The van der Waals surface area contributed by atoms with E-state index in [1.54, 1.807) is 0 Å². The van der Waals surface area contributed by atoms with E-state index < -0.39 is 0 Å². The van der Waals surface area contributed by atoms with E-state index in [0.29, 0.717) is 29.8 Å². The van der Waals surface area contributed by atoms with E-state index in [1.165, 1.54) is 19.3 Å². The van der Waals surface area contributed by atoms with Crippen LogP contribution in [-0.2, 0) is 6.54 Å². The summed E-state index contributed by atoms with van der Waals surface area (Å²) >= 11 is 5.57. The predicted octanol–water partition coefficient (Wildman–Crippen LogP) is 2.84. The van der Waals surface area contributed by atoms with Gasteiger partial charge >= 0.3 is 0 Å². The second kappa shape index (κ2) is 8.64. The van der Waals surface area contributed by atoms with Crippen molar-refractivity contribution >= 4 is 28.2 Å². The molecular weight excluding hydrogens is 346 g/mol. The summed E-state index contributed by atoms with van der Waals surface area (Å²) in [6.45, 7) is 2.82. The van der Waals surface area contributed by atoms with Gasteiger partial charge in [-0.3, -0.25) is 4.79 Å². The molecule has 3 N–H and O–H groups in total. The first-order chi connectivity index (χ1) is 12.6. The highest BCUT2D eigenvalue weighted by Crippen LogP contribution is 2.18. The van der Waals surface area contributed by atoms with Gasteiger partial charge in [0.15, 0.2) is 5.11 Å². The van der Waals surface area contributed by atoms with Crippen LogP contribution in [0.25, 0.3) is 10.9 Å². The topological polar surface area (TPSA) is 68.4 Å². The summed E-state index contributed by atoms with van der Waals surface area (Å²) in [6.07, 6.45) is 6.00. The highest BCUT2D eigenvalue weighted by molar-refractivity contribution is 7.80. The van der Waals surface area contributed by atoms with Crippen LogP contribution < -0.4 is 10.9 Å². The van der Waals surface area contributed by atoms with Gasteiger partial charge in [-0.1, -0.05) is 30.9 Å². The van der Waals surface area contributed by atoms with E-state index in [1.807, 2.05) is 30.0 Å². The smallest absolute Gasteiger partial charge is 0.253 e. The lowest BCUT2D eigenvalue weighted by atomic mass is 9.96. The number of aromatic amines is 1. The number of aliphatic hydroxyl groups excluding tert-OH is 1. The van der Waals surface area contributed by atoms with Gasteiger partial charge in [0.2, 0.25) is 0 Å². The van der Waals surface area contributed by atoms with Crippen molar-refractivity contribution in [3.8, 4) is 0 Å². The lowest BCUT2D eigenvalue weighted by Gasteiger charge is -2.30. The highest BCUT2D eigenvalue weighted by Gasteiger charge is 2.18. The molecule has 5 nitrogen and oxygen atoms in total. The number of benzene rings is 1. The molecule has 1 fully saturated rings. The first-order valence-electron chi connectivity index (χ1n) is 9.35. The average molecular weight is 374 g/mol. The van der Waals surface area contributed by atoms with Crippen molar-refractivity contribution in [2.45, 2.75) is 51.6 Å². The minimum Gasteiger partial charge on any atom is -0.395 e. The van der Waals surface area contributed by atoms with E-state index in [9.17, 15) is 9.90 Å². The average Bonchev–Trinajstić information content (AvgIpc) is 2.63. The highest BCUT2D eigenvalue weighted by atomic mass is 32.1. The number of nitrogens with zero attached hydrogens (tertiary/aromatic N) is 1.